The molecule has 0 unspecified atom stereocenters. The van der Waals surface area contributed by atoms with Gasteiger partial charge in [-0.15, -0.1) is 11.3 Å². The van der Waals surface area contributed by atoms with E-state index >= 15 is 0 Å². The summed E-state index contributed by atoms with van der Waals surface area (Å²) in [6.07, 6.45) is 0. The van der Waals surface area contributed by atoms with E-state index in [-0.39, 0.29) is 0 Å². The number of rotatable bonds is 4. The predicted octanol–water partition coefficient (Wildman–Crippen LogP) is 3.55. The third-order valence-electron chi connectivity index (χ3n) is 2.19. The lowest BCUT2D eigenvalue weighted by molar-refractivity contribution is 0.306. The standard InChI is InChI=1S/C12H12BrNOS/c13-12-5-10(8-16-12)7-15-11-3-1-9(6-14)2-4-11/h1-5,8H,6-7,14H2. The highest BCUT2D eigenvalue weighted by Gasteiger charge is 1.99. The Kier molecular flexibility index (Phi) is 3.98. The first-order valence-corrected chi connectivity index (χ1v) is 6.60. The van der Waals surface area contributed by atoms with Gasteiger partial charge in [0.2, 0.25) is 0 Å². The summed E-state index contributed by atoms with van der Waals surface area (Å²) in [5.41, 5.74) is 7.82. The Morgan fingerprint density at radius 3 is 2.50 bits per heavy atom. The van der Waals surface area contributed by atoms with Gasteiger partial charge in [0.25, 0.3) is 0 Å². The molecule has 4 heteroatoms. The van der Waals surface area contributed by atoms with Crippen molar-refractivity contribution in [2.75, 3.05) is 0 Å². The molecule has 0 aliphatic carbocycles. The Morgan fingerprint density at radius 1 is 1.19 bits per heavy atom. The zero-order valence-corrected chi connectivity index (χ0v) is 11.1. The van der Waals surface area contributed by atoms with Crippen LogP contribution in [-0.4, -0.2) is 0 Å². The number of ether oxygens (including phenoxy) is 1. The van der Waals surface area contributed by atoms with Crippen molar-refractivity contribution < 1.29 is 4.74 Å². The molecule has 0 aliphatic rings. The third kappa shape index (κ3) is 3.07. The minimum absolute atomic E-state index is 0.567. The van der Waals surface area contributed by atoms with Crippen LogP contribution in [0.2, 0.25) is 0 Å². The molecule has 0 atom stereocenters. The van der Waals surface area contributed by atoms with Crippen molar-refractivity contribution in [2.45, 2.75) is 13.2 Å². The van der Waals surface area contributed by atoms with E-state index in [1.54, 1.807) is 11.3 Å². The topological polar surface area (TPSA) is 35.2 Å². The van der Waals surface area contributed by atoms with Gasteiger partial charge in [0, 0.05) is 12.1 Å². The number of hydrogen-bond acceptors (Lipinski definition) is 3. The average Bonchev–Trinajstić information content (AvgIpc) is 2.73. The molecule has 0 fully saturated rings. The molecule has 0 aliphatic heterocycles. The van der Waals surface area contributed by atoms with Gasteiger partial charge in [-0.1, -0.05) is 12.1 Å². The summed E-state index contributed by atoms with van der Waals surface area (Å²) >= 11 is 5.09. The van der Waals surface area contributed by atoms with Gasteiger partial charge in [-0.05, 0) is 45.1 Å². The lowest BCUT2D eigenvalue weighted by atomic mass is 10.2. The fourth-order valence-corrected chi connectivity index (χ4v) is 2.50. The van der Waals surface area contributed by atoms with Gasteiger partial charge in [0.15, 0.2) is 0 Å². The fourth-order valence-electron chi connectivity index (χ4n) is 1.31. The van der Waals surface area contributed by atoms with Crippen LogP contribution in [-0.2, 0) is 13.2 Å². The third-order valence-corrected chi connectivity index (χ3v) is 3.74. The van der Waals surface area contributed by atoms with Crippen LogP contribution >= 0.6 is 27.3 Å². The largest absolute Gasteiger partial charge is 0.489 e. The second-order valence-electron chi connectivity index (χ2n) is 3.40. The van der Waals surface area contributed by atoms with Crippen molar-refractivity contribution in [3.8, 4) is 5.75 Å². The van der Waals surface area contributed by atoms with Gasteiger partial charge < -0.3 is 10.5 Å². The SMILES string of the molecule is NCc1ccc(OCc2csc(Br)c2)cc1. The fraction of sp³-hybridized carbons (Fsp3) is 0.167. The predicted molar refractivity (Wildman–Crippen MR) is 70.7 cm³/mol. The van der Waals surface area contributed by atoms with Gasteiger partial charge in [-0.25, -0.2) is 0 Å². The van der Waals surface area contributed by atoms with Gasteiger partial charge in [-0.3, -0.25) is 0 Å². The van der Waals surface area contributed by atoms with Crippen LogP contribution in [0, 0.1) is 0 Å². The van der Waals surface area contributed by atoms with Crippen molar-refractivity contribution in [1.82, 2.24) is 0 Å². The zero-order valence-electron chi connectivity index (χ0n) is 8.65. The first-order valence-electron chi connectivity index (χ1n) is 4.92. The number of hydrogen-bond donors (Lipinski definition) is 1. The second kappa shape index (κ2) is 5.48. The number of nitrogens with two attached hydrogens (primary N) is 1. The second-order valence-corrected chi connectivity index (χ2v) is 5.69. The minimum Gasteiger partial charge on any atom is -0.489 e. The van der Waals surface area contributed by atoms with Crippen LogP contribution < -0.4 is 10.5 Å². The molecule has 2 N–H and O–H groups in total. The number of halogens is 1. The molecule has 16 heavy (non-hydrogen) atoms. The summed E-state index contributed by atoms with van der Waals surface area (Å²) in [5, 5.41) is 2.08. The quantitative estimate of drug-likeness (QED) is 0.937. The summed E-state index contributed by atoms with van der Waals surface area (Å²) < 4.78 is 6.78. The first-order chi connectivity index (χ1) is 7.78. The van der Waals surface area contributed by atoms with E-state index in [1.807, 2.05) is 24.3 Å². The minimum atomic E-state index is 0.567. The van der Waals surface area contributed by atoms with Gasteiger partial charge >= 0.3 is 0 Å². The summed E-state index contributed by atoms with van der Waals surface area (Å²) in [5.74, 6) is 0.875. The number of thiophene rings is 1. The summed E-state index contributed by atoms with van der Waals surface area (Å²) in [6.45, 7) is 1.17. The smallest absolute Gasteiger partial charge is 0.119 e. The molecule has 2 nitrogen and oxygen atoms in total. The molecule has 1 aromatic heterocycles. The van der Waals surface area contributed by atoms with Crippen molar-refractivity contribution in [3.05, 3.63) is 50.6 Å². The van der Waals surface area contributed by atoms with E-state index in [9.17, 15) is 0 Å². The van der Waals surface area contributed by atoms with Crippen LogP contribution in [0.5, 0.6) is 5.75 Å². The van der Waals surface area contributed by atoms with E-state index in [0.29, 0.717) is 13.2 Å². The molecular formula is C12H12BrNOS. The van der Waals surface area contributed by atoms with Gasteiger partial charge in [0.1, 0.15) is 12.4 Å². The molecule has 0 saturated heterocycles. The highest BCUT2D eigenvalue weighted by atomic mass is 79.9. The monoisotopic (exact) mass is 297 g/mol. The lowest BCUT2D eigenvalue weighted by Gasteiger charge is -2.05. The van der Waals surface area contributed by atoms with E-state index < -0.39 is 0 Å². The molecule has 2 rings (SSSR count). The maximum Gasteiger partial charge on any atom is 0.119 e. The molecule has 84 valence electrons. The Hall–Kier alpha value is -0.840. The van der Waals surface area contributed by atoms with Crippen LogP contribution in [0.3, 0.4) is 0 Å². The molecule has 0 spiro atoms. The summed E-state index contributed by atoms with van der Waals surface area (Å²) in [6, 6.07) is 9.93. The summed E-state index contributed by atoms with van der Waals surface area (Å²) in [4.78, 5) is 0. The molecule has 0 amide bonds. The van der Waals surface area contributed by atoms with E-state index in [2.05, 4.69) is 27.4 Å². The van der Waals surface area contributed by atoms with Crippen molar-refractivity contribution in [2.24, 2.45) is 5.73 Å². The Labute approximate surface area is 107 Å². The highest BCUT2D eigenvalue weighted by Crippen LogP contribution is 2.22. The molecule has 1 heterocycles. The Balaban J connectivity index is 1.94. The maximum absolute atomic E-state index is 5.65. The highest BCUT2D eigenvalue weighted by molar-refractivity contribution is 9.11. The molecule has 0 radical (unpaired) electrons. The van der Waals surface area contributed by atoms with E-state index in [4.69, 9.17) is 10.5 Å². The summed E-state index contributed by atoms with van der Waals surface area (Å²) in [7, 11) is 0. The van der Waals surface area contributed by atoms with E-state index in [0.717, 1.165) is 15.1 Å². The maximum atomic E-state index is 5.65. The van der Waals surface area contributed by atoms with Gasteiger partial charge in [0.05, 0.1) is 3.79 Å². The zero-order chi connectivity index (χ0) is 11.4. The molecule has 2 aromatic rings. The van der Waals surface area contributed by atoms with Crippen LogP contribution in [0.15, 0.2) is 39.5 Å². The lowest BCUT2D eigenvalue weighted by Crippen LogP contribution is -1.97. The molecule has 0 saturated carbocycles. The van der Waals surface area contributed by atoms with Crippen LogP contribution in [0.1, 0.15) is 11.1 Å². The van der Waals surface area contributed by atoms with Crippen molar-refractivity contribution in [3.63, 3.8) is 0 Å². The molecular weight excluding hydrogens is 286 g/mol. The van der Waals surface area contributed by atoms with Crippen LogP contribution in [0.4, 0.5) is 0 Å². The first kappa shape index (κ1) is 11.6. The normalized spacial score (nSPS) is 10.4. The van der Waals surface area contributed by atoms with Crippen molar-refractivity contribution in [1.29, 1.82) is 0 Å². The molecule has 0 bridgehead atoms. The van der Waals surface area contributed by atoms with Crippen LogP contribution in [0.25, 0.3) is 0 Å². The Morgan fingerprint density at radius 2 is 1.94 bits per heavy atom. The van der Waals surface area contributed by atoms with E-state index in [1.165, 1.54) is 5.56 Å². The van der Waals surface area contributed by atoms with Crippen molar-refractivity contribution >= 4 is 27.3 Å². The molecule has 1 aromatic carbocycles. The Bertz CT molecular complexity index is 452. The van der Waals surface area contributed by atoms with Gasteiger partial charge in [-0.2, -0.15) is 0 Å². The average molecular weight is 298 g/mol. The number of benzene rings is 1.